The predicted octanol–water partition coefficient (Wildman–Crippen LogP) is 3.11. The molecule has 150 valence electrons. The Labute approximate surface area is 154 Å². The maximum absolute atomic E-state index is 12.3. The number of ether oxygens (including phenoxy) is 3. The van der Waals surface area contributed by atoms with E-state index < -0.39 is 42.9 Å². The van der Waals surface area contributed by atoms with Crippen molar-refractivity contribution in [1.82, 2.24) is 9.97 Å². The first kappa shape index (κ1) is 20.7. The number of carbonyl (C=O) groups is 2. The summed E-state index contributed by atoms with van der Waals surface area (Å²) < 4.78 is 61.9. The Hall–Kier alpha value is -3.64. The topological polar surface area (TPSA) is 112 Å². The lowest BCUT2D eigenvalue weighted by Gasteiger charge is -2.12. The van der Waals surface area contributed by atoms with Gasteiger partial charge in [0, 0.05) is 0 Å². The van der Waals surface area contributed by atoms with Crippen molar-refractivity contribution >= 4 is 23.6 Å². The fraction of sp³-hybridized carbons (Fsp3) is 0.200. The van der Waals surface area contributed by atoms with Gasteiger partial charge in [0.1, 0.15) is 0 Å². The van der Waals surface area contributed by atoms with Crippen molar-refractivity contribution in [3.05, 3.63) is 35.9 Å². The van der Waals surface area contributed by atoms with Crippen LogP contribution in [-0.4, -0.2) is 42.3 Å². The van der Waals surface area contributed by atoms with Crippen LogP contribution in [0.5, 0.6) is 11.8 Å². The number of carbonyl (C=O) groups excluding carboxylic acids is 2. The summed E-state index contributed by atoms with van der Waals surface area (Å²) in [5, 5.41) is 4.31. The Kier molecular flexibility index (Phi) is 6.90. The van der Waals surface area contributed by atoms with Crippen LogP contribution in [0, 0.1) is 0 Å². The van der Waals surface area contributed by atoms with E-state index in [1.807, 2.05) is 5.32 Å². The lowest BCUT2D eigenvalue weighted by Crippen LogP contribution is -2.23. The van der Waals surface area contributed by atoms with E-state index in [-0.39, 0.29) is 11.3 Å². The molecule has 0 saturated carbocycles. The summed E-state index contributed by atoms with van der Waals surface area (Å²) in [7, 11) is 1.14. The van der Waals surface area contributed by atoms with Gasteiger partial charge in [-0.15, -0.1) is 0 Å². The molecule has 0 aliphatic carbocycles. The molecule has 0 unspecified atom stereocenters. The molecular formula is C15H12F4N4O5. The van der Waals surface area contributed by atoms with Gasteiger partial charge in [-0.2, -0.15) is 27.5 Å². The van der Waals surface area contributed by atoms with Crippen molar-refractivity contribution in [3.8, 4) is 11.8 Å². The van der Waals surface area contributed by atoms with E-state index in [1.165, 1.54) is 24.3 Å². The van der Waals surface area contributed by atoms with E-state index in [0.717, 1.165) is 7.11 Å². The Morgan fingerprint density at radius 1 is 0.964 bits per heavy atom. The minimum absolute atomic E-state index is 0.0255. The Bertz CT molecular complexity index is 825. The van der Waals surface area contributed by atoms with Gasteiger partial charge >= 0.3 is 25.2 Å². The van der Waals surface area contributed by atoms with Crippen LogP contribution in [0.4, 0.5) is 34.0 Å². The van der Waals surface area contributed by atoms with E-state index in [2.05, 4.69) is 29.5 Å². The van der Waals surface area contributed by atoms with Crippen LogP contribution in [0.15, 0.2) is 30.3 Å². The molecule has 0 spiro atoms. The third-order valence-corrected chi connectivity index (χ3v) is 2.90. The number of hydrogen-bond donors (Lipinski definition) is 2. The third-order valence-electron chi connectivity index (χ3n) is 2.90. The van der Waals surface area contributed by atoms with Crippen LogP contribution in [0.3, 0.4) is 0 Å². The SMILES string of the molecule is COC(=O)c1ccccc1NC(=O)Nc1nc(OC(F)F)cc(OC(F)F)n1. The zero-order valence-corrected chi connectivity index (χ0v) is 14.0. The maximum atomic E-state index is 12.3. The molecule has 9 nitrogen and oxygen atoms in total. The van der Waals surface area contributed by atoms with Crippen molar-refractivity contribution < 1.29 is 41.4 Å². The van der Waals surface area contributed by atoms with E-state index in [4.69, 9.17) is 0 Å². The summed E-state index contributed by atoms with van der Waals surface area (Å²) >= 11 is 0. The van der Waals surface area contributed by atoms with Crippen LogP contribution in [-0.2, 0) is 4.74 Å². The molecule has 0 aliphatic rings. The van der Waals surface area contributed by atoms with Gasteiger partial charge in [-0.3, -0.25) is 5.32 Å². The van der Waals surface area contributed by atoms with Gasteiger partial charge in [-0.25, -0.2) is 9.59 Å². The average Bonchev–Trinajstić information content (AvgIpc) is 2.60. The fourth-order valence-electron chi connectivity index (χ4n) is 1.90. The van der Waals surface area contributed by atoms with Crippen molar-refractivity contribution in [2.45, 2.75) is 13.2 Å². The first-order valence-corrected chi connectivity index (χ1v) is 7.32. The quantitative estimate of drug-likeness (QED) is 0.539. The number of esters is 1. The molecule has 0 saturated heterocycles. The molecule has 1 heterocycles. The second-order valence-electron chi connectivity index (χ2n) is 4.74. The molecule has 0 atom stereocenters. The highest BCUT2D eigenvalue weighted by Crippen LogP contribution is 2.22. The van der Waals surface area contributed by atoms with Gasteiger partial charge in [0.2, 0.25) is 17.7 Å². The van der Waals surface area contributed by atoms with Crippen LogP contribution in [0.25, 0.3) is 0 Å². The van der Waals surface area contributed by atoms with E-state index >= 15 is 0 Å². The largest absolute Gasteiger partial charge is 0.465 e. The number of para-hydroxylation sites is 1. The highest BCUT2D eigenvalue weighted by molar-refractivity contribution is 6.04. The number of rotatable bonds is 7. The zero-order chi connectivity index (χ0) is 20.7. The molecule has 1 aromatic heterocycles. The maximum Gasteiger partial charge on any atom is 0.388 e. The molecule has 2 aromatic rings. The molecule has 2 rings (SSSR count). The molecule has 1 aromatic carbocycles. The normalized spacial score (nSPS) is 10.5. The van der Waals surface area contributed by atoms with Crippen molar-refractivity contribution in [1.29, 1.82) is 0 Å². The summed E-state index contributed by atoms with van der Waals surface area (Å²) in [5.74, 6) is -3.02. The second kappa shape index (κ2) is 9.34. The lowest BCUT2D eigenvalue weighted by atomic mass is 10.2. The summed E-state index contributed by atoms with van der Waals surface area (Å²) in [6, 6.07) is 5.39. The lowest BCUT2D eigenvalue weighted by molar-refractivity contribution is -0.0579. The van der Waals surface area contributed by atoms with E-state index in [9.17, 15) is 27.2 Å². The Morgan fingerprint density at radius 2 is 1.54 bits per heavy atom. The standard InChI is InChI=1S/C15H12F4N4O5/c1-26-11(24)7-4-2-3-5-8(7)20-15(25)23-14-21-9(27-12(16)17)6-10(22-14)28-13(18)19/h2-6,12-13H,1H3,(H2,20,21,22,23,25). The number of anilines is 2. The summed E-state index contributed by atoms with van der Waals surface area (Å²) in [4.78, 5) is 30.6. The number of benzene rings is 1. The minimum atomic E-state index is -3.30. The molecule has 2 N–H and O–H groups in total. The number of aromatic nitrogens is 2. The molecule has 0 bridgehead atoms. The Balaban J connectivity index is 2.20. The zero-order valence-electron chi connectivity index (χ0n) is 14.0. The van der Waals surface area contributed by atoms with Gasteiger partial charge in [0.25, 0.3) is 0 Å². The van der Waals surface area contributed by atoms with Gasteiger partial charge < -0.3 is 19.5 Å². The monoisotopic (exact) mass is 404 g/mol. The molecule has 0 aliphatic heterocycles. The number of hydrogen-bond acceptors (Lipinski definition) is 7. The number of alkyl halides is 4. The molecular weight excluding hydrogens is 392 g/mol. The average molecular weight is 404 g/mol. The minimum Gasteiger partial charge on any atom is -0.465 e. The summed E-state index contributed by atoms with van der Waals surface area (Å²) in [6.07, 6.45) is 0. The number of halogens is 4. The van der Waals surface area contributed by atoms with Gasteiger partial charge in [0.05, 0.1) is 24.4 Å². The summed E-state index contributed by atoms with van der Waals surface area (Å²) in [6.45, 7) is -6.61. The smallest absolute Gasteiger partial charge is 0.388 e. The number of nitrogens with one attached hydrogen (secondary N) is 2. The van der Waals surface area contributed by atoms with Crippen molar-refractivity contribution in [2.24, 2.45) is 0 Å². The van der Waals surface area contributed by atoms with Gasteiger partial charge in [-0.1, -0.05) is 12.1 Å². The van der Waals surface area contributed by atoms with Crippen molar-refractivity contribution in [3.63, 3.8) is 0 Å². The third kappa shape index (κ3) is 5.96. The summed E-state index contributed by atoms with van der Waals surface area (Å²) in [5.41, 5.74) is 0.0773. The van der Waals surface area contributed by atoms with E-state index in [0.29, 0.717) is 6.07 Å². The van der Waals surface area contributed by atoms with Gasteiger partial charge in [-0.05, 0) is 12.1 Å². The van der Waals surface area contributed by atoms with Crippen LogP contribution < -0.4 is 20.1 Å². The van der Waals surface area contributed by atoms with Crippen LogP contribution in [0.1, 0.15) is 10.4 Å². The highest BCUT2D eigenvalue weighted by atomic mass is 19.3. The van der Waals surface area contributed by atoms with E-state index in [1.54, 1.807) is 0 Å². The number of urea groups is 1. The second-order valence-corrected chi connectivity index (χ2v) is 4.74. The number of methoxy groups -OCH3 is 1. The first-order chi connectivity index (χ1) is 13.3. The molecule has 2 amide bonds. The number of nitrogens with zero attached hydrogens (tertiary/aromatic N) is 2. The van der Waals surface area contributed by atoms with Crippen LogP contribution in [0.2, 0.25) is 0 Å². The first-order valence-electron chi connectivity index (χ1n) is 7.32. The highest BCUT2D eigenvalue weighted by Gasteiger charge is 2.17. The number of amides is 2. The van der Waals surface area contributed by atoms with Crippen molar-refractivity contribution in [2.75, 3.05) is 17.7 Å². The molecule has 28 heavy (non-hydrogen) atoms. The fourth-order valence-corrected chi connectivity index (χ4v) is 1.90. The molecule has 0 fully saturated rings. The van der Waals surface area contributed by atoms with Crippen LogP contribution >= 0.6 is 0 Å². The van der Waals surface area contributed by atoms with Gasteiger partial charge in [0.15, 0.2) is 0 Å². The predicted molar refractivity (Wildman–Crippen MR) is 85.7 cm³/mol. The Morgan fingerprint density at radius 3 is 2.07 bits per heavy atom. The molecule has 0 radical (unpaired) electrons. The molecule has 13 heteroatoms.